The van der Waals surface area contributed by atoms with E-state index in [2.05, 4.69) is 29.1 Å². The molecule has 0 saturated carbocycles. The first kappa shape index (κ1) is 31.5. The third kappa shape index (κ3) is 5.46. The molecule has 0 amide bonds. The van der Waals surface area contributed by atoms with Gasteiger partial charge in [0.05, 0.1) is 11.4 Å². The lowest BCUT2D eigenvalue weighted by atomic mass is 9.88. The molecule has 1 aliphatic rings. The maximum absolute atomic E-state index is 14.2. The van der Waals surface area contributed by atoms with Crippen molar-refractivity contribution in [3.8, 4) is 0 Å². The van der Waals surface area contributed by atoms with E-state index in [0.29, 0.717) is 30.8 Å². The highest BCUT2D eigenvalue weighted by molar-refractivity contribution is 8.05. The number of halogens is 9. The first-order valence-electron chi connectivity index (χ1n) is 11.5. The minimum Gasteiger partial charge on any atom is -0.349 e. The number of alkyl halides is 6. The van der Waals surface area contributed by atoms with E-state index < -0.39 is 67.3 Å². The molecular formula is C27H25F9N2OS. The molecule has 3 nitrogen and oxygen atoms in total. The Bertz CT molecular complexity index is 1370. The van der Waals surface area contributed by atoms with Gasteiger partial charge in [-0.3, -0.25) is 4.78 Å². The van der Waals surface area contributed by atoms with Gasteiger partial charge in [0.1, 0.15) is 17.5 Å². The van der Waals surface area contributed by atoms with E-state index in [-0.39, 0.29) is 23.4 Å². The zero-order valence-electron chi connectivity index (χ0n) is 20.9. The molecule has 3 rings (SSSR count). The summed E-state index contributed by atoms with van der Waals surface area (Å²) >= 11 is 0. The predicted octanol–water partition coefficient (Wildman–Crippen LogP) is 7.59. The molecule has 0 spiro atoms. The second kappa shape index (κ2) is 11.1. The fourth-order valence-corrected chi connectivity index (χ4v) is 6.70. The number of rotatable bonds is 9. The van der Waals surface area contributed by atoms with Crippen LogP contribution in [0.3, 0.4) is 0 Å². The molecule has 0 aliphatic carbocycles. The Balaban J connectivity index is 2.13. The topological polar surface area (TPSA) is 45.1 Å². The Labute approximate surface area is 225 Å². The van der Waals surface area contributed by atoms with Crippen LogP contribution >= 0.6 is 0 Å². The van der Waals surface area contributed by atoms with Gasteiger partial charge in [0.2, 0.25) is 0 Å². The van der Waals surface area contributed by atoms with E-state index in [0.717, 1.165) is 24.3 Å². The first-order valence-corrected chi connectivity index (χ1v) is 13.3. The van der Waals surface area contributed by atoms with Crippen molar-refractivity contribution < 1.29 is 44.3 Å². The second-order valence-electron chi connectivity index (χ2n) is 9.15. The fraction of sp³-hybridized carbons (Fsp3) is 0.296. The molecular weight excluding hydrogens is 571 g/mol. The third-order valence-electron chi connectivity index (χ3n) is 6.79. The SMILES string of the molecule is C=C(F)/C=C\C(=C)S(=C)(=N)[C@]1(c2ccc(C(OCc3c(F)cccc3F)(C(F)(F)F)C(F)(F)F)cc2)CCNC1. The van der Waals surface area contributed by atoms with Gasteiger partial charge in [0, 0.05) is 22.6 Å². The highest BCUT2D eigenvalue weighted by Crippen LogP contribution is 2.54. The minimum atomic E-state index is -6.09. The summed E-state index contributed by atoms with van der Waals surface area (Å²) in [5, 5.41) is 3.03. The van der Waals surface area contributed by atoms with Gasteiger partial charge < -0.3 is 10.1 Å². The average Bonchev–Trinajstić information content (AvgIpc) is 3.35. The highest BCUT2D eigenvalue weighted by atomic mass is 32.2. The Hall–Kier alpha value is -3.03. The molecule has 1 saturated heterocycles. The number of benzene rings is 2. The van der Waals surface area contributed by atoms with Crippen molar-refractivity contribution in [1.82, 2.24) is 5.32 Å². The van der Waals surface area contributed by atoms with E-state index in [1.54, 1.807) is 0 Å². The second-order valence-corrected chi connectivity index (χ2v) is 11.9. The van der Waals surface area contributed by atoms with Crippen LogP contribution in [0.5, 0.6) is 0 Å². The van der Waals surface area contributed by atoms with Gasteiger partial charge in [0.25, 0.3) is 5.60 Å². The van der Waals surface area contributed by atoms with Crippen LogP contribution in [0.1, 0.15) is 23.1 Å². The molecule has 0 aromatic heterocycles. The molecule has 1 fully saturated rings. The van der Waals surface area contributed by atoms with Gasteiger partial charge in [-0.15, -0.1) is 9.41 Å². The van der Waals surface area contributed by atoms with Gasteiger partial charge in [-0.25, -0.2) is 13.2 Å². The molecule has 40 heavy (non-hydrogen) atoms. The van der Waals surface area contributed by atoms with Crippen molar-refractivity contribution in [3.63, 3.8) is 0 Å². The maximum Gasteiger partial charge on any atom is 0.430 e. The highest BCUT2D eigenvalue weighted by Gasteiger charge is 2.73. The summed E-state index contributed by atoms with van der Waals surface area (Å²) in [6, 6.07) is 5.39. The van der Waals surface area contributed by atoms with Crippen LogP contribution in [-0.2, 0) is 31.1 Å². The van der Waals surface area contributed by atoms with Crippen LogP contribution in [0.4, 0.5) is 39.5 Å². The maximum atomic E-state index is 14.2. The molecule has 1 unspecified atom stereocenters. The van der Waals surface area contributed by atoms with Gasteiger partial charge in [0.15, 0.2) is 0 Å². The van der Waals surface area contributed by atoms with Crippen LogP contribution in [0.25, 0.3) is 0 Å². The number of hydrogen-bond acceptors (Lipinski definition) is 3. The predicted molar refractivity (Wildman–Crippen MR) is 136 cm³/mol. The quantitative estimate of drug-likeness (QED) is 0.178. The smallest absolute Gasteiger partial charge is 0.349 e. The van der Waals surface area contributed by atoms with Crippen LogP contribution < -0.4 is 5.32 Å². The summed E-state index contributed by atoms with van der Waals surface area (Å²) in [6.45, 7) is 5.67. The summed E-state index contributed by atoms with van der Waals surface area (Å²) in [4.78, 5) is 0.106. The van der Waals surface area contributed by atoms with Crippen LogP contribution in [0, 0.1) is 16.4 Å². The summed E-state index contributed by atoms with van der Waals surface area (Å²) in [7, 11) is -2.92. The molecule has 2 atom stereocenters. The minimum absolute atomic E-state index is 0.102. The Morgan fingerprint density at radius 2 is 1.52 bits per heavy atom. The van der Waals surface area contributed by atoms with Gasteiger partial charge in [-0.2, -0.15) is 26.3 Å². The average molecular weight is 597 g/mol. The Morgan fingerprint density at radius 3 is 1.98 bits per heavy atom. The normalized spacial score (nSPS) is 20.0. The number of ether oxygens (including phenoxy) is 1. The molecule has 218 valence electrons. The first-order chi connectivity index (χ1) is 18.4. The van der Waals surface area contributed by atoms with E-state index >= 15 is 0 Å². The molecule has 1 aliphatic heterocycles. The van der Waals surface area contributed by atoms with Gasteiger partial charge in [-0.05, 0) is 42.8 Å². The van der Waals surface area contributed by atoms with Crippen molar-refractivity contribution in [1.29, 1.82) is 4.78 Å². The van der Waals surface area contributed by atoms with E-state index in [4.69, 9.17) is 4.78 Å². The lowest BCUT2D eigenvalue weighted by Gasteiger charge is -2.39. The number of hydrogen-bond donors (Lipinski definition) is 2. The number of allylic oxidation sites excluding steroid dienone is 3. The lowest BCUT2D eigenvalue weighted by Crippen LogP contribution is -2.56. The lowest BCUT2D eigenvalue weighted by molar-refractivity contribution is -0.392. The largest absolute Gasteiger partial charge is 0.430 e. The van der Waals surface area contributed by atoms with Gasteiger partial charge in [-0.1, -0.05) is 49.4 Å². The molecule has 1 heterocycles. The fourth-order valence-electron chi connectivity index (χ4n) is 4.56. The zero-order chi connectivity index (χ0) is 30.1. The van der Waals surface area contributed by atoms with E-state index in [9.17, 15) is 39.5 Å². The zero-order valence-corrected chi connectivity index (χ0v) is 21.7. The summed E-state index contributed by atoms with van der Waals surface area (Å²) < 4.78 is 139. The summed E-state index contributed by atoms with van der Waals surface area (Å²) in [5.41, 5.74) is -7.21. The van der Waals surface area contributed by atoms with Crippen LogP contribution in [0.2, 0.25) is 0 Å². The molecule has 2 N–H and O–H groups in total. The standard InChI is InChI=1S/C27H25F9N2OS/c1-17(28)7-8-18(2)40(3,37)24(13-14-38-16-24)19-9-11-20(12-10-19)25(26(31,32)33,27(34,35)36)39-15-21-22(29)5-4-6-23(21)30/h4-12,37-38H,1-3,13-16H2/b8-7-/t24-,40?/m1/s1. The van der Waals surface area contributed by atoms with Crippen molar-refractivity contribution in [2.24, 2.45) is 0 Å². The van der Waals surface area contributed by atoms with Crippen LogP contribution in [-0.4, -0.2) is 31.3 Å². The van der Waals surface area contributed by atoms with Crippen molar-refractivity contribution in [2.75, 3.05) is 13.1 Å². The molecule has 2 aromatic rings. The molecule has 0 bridgehead atoms. The summed E-state index contributed by atoms with van der Waals surface area (Å²) in [6.07, 6.45) is -9.76. The molecule has 2 aromatic carbocycles. The number of nitrogens with one attached hydrogen (secondary N) is 2. The summed E-state index contributed by atoms with van der Waals surface area (Å²) in [5.74, 6) is 0.395. The molecule has 0 radical (unpaired) electrons. The Morgan fingerprint density at radius 1 is 0.975 bits per heavy atom. The van der Waals surface area contributed by atoms with E-state index in [1.807, 2.05) is 0 Å². The third-order valence-corrected chi connectivity index (χ3v) is 9.74. The van der Waals surface area contributed by atoms with Crippen molar-refractivity contribution in [3.05, 3.63) is 107 Å². The van der Waals surface area contributed by atoms with Crippen molar-refractivity contribution in [2.45, 2.75) is 35.7 Å². The Kier molecular flexibility index (Phi) is 8.74. The monoisotopic (exact) mass is 596 g/mol. The van der Waals surface area contributed by atoms with Crippen LogP contribution in [0.15, 0.2) is 78.5 Å². The van der Waals surface area contributed by atoms with Crippen molar-refractivity contribution >= 4 is 15.3 Å². The van der Waals surface area contributed by atoms with E-state index in [1.165, 1.54) is 6.08 Å². The van der Waals surface area contributed by atoms with Gasteiger partial charge >= 0.3 is 12.4 Å². The molecule has 13 heteroatoms.